The van der Waals surface area contributed by atoms with Gasteiger partial charge in [-0.25, -0.2) is 9.78 Å². The fourth-order valence-electron chi connectivity index (χ4n) is 4.18. The standard InChI is InChI=1S/C17H17N5O2S/c18-4-5-19-9-7-11-12(8-9)22(16(23)20-11)17-21-15-10-3-6-24-13(10)1-2-14(15)25-17/h1-2,9,11-12,19H,3,5-8H2,(H,20,23)/t9-,11-,12+/m0/s1. The van der Waals surface area contributed by atoms with Crippen LogP contribution in [0.3, 0.4) is 0 Å². The summed E-state index contributed by atoms with van der Waals surface area (Å²) in [4.78, 5) is 19.1. The van der Waals surface area contributed by atoms with E-state index in [4.69, 9.17) is 15.0 Å². The number of aromatic nitrogens is 1. The largest absolute Gasteiger partial charge is 0.493 e. The van der Waals surface area contributed by atoms with Crippen molar-refractivity contribution in [3.8, 4) is 11.8 Å². The van der Waals surface area contributed by atoms with Crippen molar-refractivity contribution in [3.05, 3.63) is 17.7 Å². The average Bonchev–Trinajstić information content (AvgIpc) is 3.33. The molecule has 0 bridgehead atoms. The highest BCUT2D eigenvalue weighted by Gasteiger charge is 2.47. The molecule has 1 saturated carbocycles. The number of benzene rings is 1. The number of nitriles is 1. The quantitative estimate of drug-likeness (QED) is 0.819. The molecule has 25 heavy (non-hydrogen) atoms. The van der Waals surface area contributed by atoms with Crippen molar-refractivity contribution in [2.75, 3.05) is 18.1 Å². The smallest absolute Gasteiger partial charge is 0.324 e. The molecule has 0 unspecified atom stereocenters. The number of ether oxygens (including phenoxy) is 1. The van der Waals surface area contributed by atoms with Gasteiger partial charge >= 0.3 is 6.03 Å². The van der Waals surface area contributed by atoms with Crippen molar-refractivity contribution in [1.29, 1.82) is 5.26 Å². The van der Waals surface area contributed by atoms with Crippen molar-refractivity contribution >= 4 is 32.7 Å². The van der Waals surface area contributed by atoms with E-state index >= 15 is 0 Å². The monoisotopic (exact) mass is 355 g/mol. The number of urea groups is 1. The van der Waals surface area contributed by atoms with E-state index in [9.17, 15) is 4.79 Å². The van der Waals surface area contributed by atoms with Gasteiger partial charge in [0.05, 0.1) is 41.5 Å². The van der Waals surface area contributed by atoms with E-state index in [0.717, 1.165) is 45.9 Å². The number of hydrogen-bond donors (Lipinski definition) is 2. The van der Waals surface area contributed by atoms with E-state index in [0.29, 0.717) is 13.2 Å². The second-order valence-electron chi connectivity index (χ2n) is 6.68. The van der Waals surface area contributed by atoms with Crippen molar-refractivity contribution < 1.29 is 9.53 Å². The Morgan fingerprint density at radius 1 is 1.48 bits per heavy atom. The number of thiazole rings is 1. The highest BCUT2D eigenvalue weighted by Crippen LogP contribution is 2.41. The van der Waals surface area contributed by atoms with Crippen LogP contribution in [0.25, 0.3) is 10.2 Å². The van der Waals surface area contributed by atoms with Gasteiger partial charge in [-0.3, -0.25) is 4.90 Å². The summed E-state index contributed by atoms with van der Waals surface area (Å²) < 4.78 is 6.71. The Bertz CT molecular complexity index is 904. The van der Waals surface area contributed by atoms with Gasteiger partial charge in [-0.05, 0) is 25.0 Å². The molecule has 2 amide bonds. The molecule has 1 saturated heterocycles. The van der Waals surface area contributed by atoms with Gasteiger partial charge in [0.1, 0.15) is 5.75 Å². The van der Waals surface area contributed by atoms with Crippen LogP contribution in [-0.2, 0) is 6.42 Å². The lowest BCUT2D eigenvalue weighted by Crippen LogP contribution is -2.37. The molecule has 2 aromatic rings. The number of carbonyl (C=O) groups excluding carboxylic acids is 1. The van der Waals surface area contributed by atoms with Crippen LogP contribution < -0.4 is 20.3 Å². The summed E-state index contributed by atoms with van der Waals surface area (Å²) in [6.07, 6.45) is 2.55. The number of carbonyl (C=O) groups is 1. The summed E-state index contributed by atoms with van der Waals surface area (Å²) in [5.74, 6) is 0.912. The SMILES string of the molecule is N#CCN[C@H]1C[C@@H]2NC(=O)N(c3nc4c5c(ccc4s3)OCC5)[C@@H]2C1. The molecule has 3 heterocycles. The number of fused-ring (bicyclic) bond motifs is 4. The zero-order chi connectivity index (χ0) is 17.0. The number of hydrogen-bond acceptors (Lipinski definition) is 6. The number of anilines is 1. The third-order valence-electron chi connectivity index (χ3n) is 5.29. The molecule has 1 aromatic carbocycles. The minimum absolute atomic E-state index is 0.0688. The van der Waals surface area contributed by atoms with E-state index in [-0.39, 0.29) is 24.2 Å². The van der Waals surface area contributed by atoms with Crippen LogP contribution in [0.1, 0.15) is 18.4 Å². The van der Waals surface area contributed by atoms with Crippen molar-refractivity contribution in [3.63, 3.8) is 0 Å². The summed E-state index contributed by atoms with van der Waals surface area (Å²) >= 11 is 1.56. The topological polar surface area (TPSA) is 90.3 Å². The van der Waals surface area contributed by atoms with Gasteiger partial charge in [-0.1, -0.05) is 11.3 Å². The van der Waals surface area contributed by atoms with Crippen LogP contribution in [0, 0.1) is 11.3 Å². The Labute approximate surface area is 148 Å². The first kappa shape index (κ1) is 14.9. The van der Waals surface area contributed by atoms with Gasteiger partial charge in [-0.15, -0.1) is 0 Å². The fraction of sp³-hybridized carbons (Fsp3) is 0.471. The second-order valence-corrected chi connectivity index (χ2v) is 7.69. The zero-order valence-electron chi connectivity index (χ0n) is 13.5. The first-order chi connectivity index (χ1) is 12.2. The summed E-state index contributed by atoms with van der Waals surface area (Å²) in [5.41, 5.74) is 2.11. The number of amides is 2. The third kappa shape index (κ3) is 2.27. The molecule has 3 atom stereocenters. The van der Waals surface area contributed by atoms with Crippen LogP contribution >= 0.6 is 11.3 Å². The van der Waals surface area contributed by atoms with Crippen molar-refractivity contribution in [2.45, 2.75) is 37.4 Å². The minimum atomic E-state index is -0.0688. The summed E-state index contributed by atoms with van der Waals surface area (Å²) in [5, 5.41) is 15.8. The average molecular weight is 355 g/mol. The minimum Gasteiger partial charge on any atom is -0.493 e. The highest BCUT2D eigenvalue weighted by atomic mass is 32.1. The zero-order valence-corrected chi connectivity index (χ0v) is 14.3. The first-order valence-electron chi connectivity index (χ1n) is 8.50. The normalized spacial score (nSPS) is 27.1. The highest BCUT2D eigenvalue weighted by molar-refractivity contribution is 7.22. The number of nitrogens with zero attached hydrogens (tertiary/aromatic N) is 3. The summed E-state index contributed by atoms with van der Waals surface area (Å²) in [7, 11) is 0. The molecule has 5 rings (SSSR count). The van der Waals surface area contributed by atoms with Crippen molar-refractivity contribution in [1.82, 2.24) is 15.6 Å². The molecule has 3 aliphatic rings. The van der Waals surface area contributed by atoms with Crippen LogP contribution in [0.5, 0.6) is 5.75 Å². The maximum atomic E-state index is 12.5. The molecule has 0 spiro atoms. The molecule has 7 nitrogen and oxygen atoms in total. The van der Waals surface area contributed by atoms with Gasteiger partial charge in [0.2, 0.25) is 0 Å². The predicted molar refractivity (Wildman–Crippen MR) is 94.0 cm³/mol. The molecular weight excluding hydrogens is 338 g/mol. The fourth-order valence-corrected chi connectivity index (χ4v) is 5.23. The summed E-state index contributed by atoms with van der Waals surface area (Å²) in [6.45, 7) is 1.04. The van der Waals surface area contributed by atoms with Crippen LogP contribution in [0.15, 0.2) is 12.1 Å². The van der Waals surface area contributed by atoms with Gasteiger partial charge in [-0.2, -0.15) is 5.26 Å². The Kier molecular flexibility index (Phi) is 3.33. The molecule has 2 fully saturated rings. The van der Waals surface area contributed by atoms with Crippen LogP contribution in [0.2, 0.25) is 0 Å². The van der Waals surface area contributed by atoms with E-state index in [1.165, 1.54) is 0 Å². The molecule has 2 aliphatic heterocycles. The third-order valence-corrected chi connectivity index (χ3v) is 6.31. The maximum absolute atomic E-state index is 12.5. The molecule has 0 radical (unpaired) electrons. The number of rotatable bonds is 3. The second kappa shape index (κ2) is 5.58. The molecule has 8 heteroatoms. The van der Waals surface area contributed by atoms with Gasteiger partial charge in [0.15, 0.2) is 5.13 Å². The molecule has 1 aromatic heterocycles. The lowest BCUT2D eigenvalue weighted by molar-refractivity contribution is 0.249. The van der Waals surface area contributed by atoms with Gasteiger partial charge in [0.25, 0.3) is 0 Å². The predicted octanol–water partition coefficient (Wildman–Crippen LogP) is 1.77. The summed E-state index contributed by atoms with van der Waals surface area (Å²) in [6, 6.07) is 6.53. The Hall–Kier alpha value is -2.37. The Morgan fingerprint density at radius 2 is 2.40 bits per heavy atom. The van der Waals surface area contributed by atoms with E-state index < -0.39 is 0 Å². The molecular formula is C17H17N5O2S. The van der Waals surface area contributed by atoms with Crippen molar-refractivity contribution in [2.24, 2.45) is 0 Å². The van der Waals surface area contributed by atoms with E-state index in [1.807, 2.05) is 17.0 Å². The van der Waals surface area contributed by atoms with Crippen LogP contribution in [-0.4, -0.2) is 42.3 Å². The lowest BCUT2D eigenvalue weighted by atomic mass is 10.1. The maximum Gasteiger partial charge on any atom is 0.324 e. The van der Waals surface area contributed by atoms with Crippen LogP contribution in [0.4, 0.5) is 9.93 Å². The number of nitrogens with one attached hydrogen (secondary N) is 2. The Balaban J connectivity index is 1.47. The molecule has 128 valence electrons. The first-order valence-corrected chi connectivity index (χ1v) is 9.31. The molecule has 2 N–H and O–H groups in total. The van der Waals surface area contributed by atoms with E-state index in [2.05, 4.69) is 16.7 Å². The lowest BCUT2D eigenvalue weighted by Gasteiger charge is -2.19. The molecule has 1 aliphatic carbocycles. The van der Waals surface area contributed by atoms with E-state index in [1.54, 1.807) is 11.3 Å². The van der Waals surface area contributed by atoms with Gasteiger partial charge < -0.3 is 15.4 Å². The van der Waals surface area contributed by atoms with Gasteiger partial charge in [0, 0.05) is 18.0 Å². The Morgan fingerprint density at radius 3 is 3.28 bits per heavy atom.